The summed E-state index contributed by atoms with van der Waals surface area (Å²) in [5.41, 5.74) is 2.16. The average molecular weight is 566 g/mol. The van der Waals surface area contributed by atoms with Crippen molar-refractivity contribution >= 4 is 23.6 Å². The van der Waals surface area contributed by atoms with Crippen LogP contribution in [0, 0.1) is 28.6 Å². The Labute approximate surface area is 242 Å². The van der Waals surface area contributed by atoms with Crippen molar-refractivity contribution in [1.29, 1.82) is 0 Å². The molecule has 0 saturated heterocycles. The van der Waals surface area contributed by atoms with E-state index < -0.39 is 17.9 Å². The first kappa shape index (κ1) is 29.3. The Bertz CT molecular complexity index is 1220. The summed E-state index contributed by atoms with van der Waals surface area (Å²) in [6, 6.07) is 5.49. The maximum Gasteiger partial charge on any atom is 0.328 e. The first-order valence-electron chi connectivity index (χ1n) is 15.1. The van der Waals surface area contributed by atoms with Crippen molar-refractivity contribution in [2.75, 3.05) is 7.11 Å². The Hall–Kier alpha value is -3.16. The normalized spacial score (nSPS) is 33.0. The number of aromatic hydroxyl groups is 1. The zero-order chi connectivity index (χ0) is 29.4. The largest absolute Gasteiger partial charge is 0.508 e. The standard InChI is InChI=1S/C33H43NO7/c1-32-16-14-23(36)19-21(32)6-9-24-25-10-11-28(33(25,2)17-15-26(24)32)41-30(38)13-12-29(37)34-27(31(39)40-3)18-20-4-7-22(35)8-5-20/h4-5,7-8,19,24-28,35H,6,9-18H2,1-3H3,(H,34,37)/t24-,25-,26-,27-,28-,32-,33-/m0/s1. The van der Waals surface area contributed by atoms with Crippen LogP contribution in [0.2, 0.25) is 0 Å². The lowest BCUT2D eigenvalue weighted by Gasteiger charge is -2.57. The lowest BCUT2D eigenvalue weighted by atomic mass is 9.47. The molecular formula is C33H43NO7. The smallest absolute Gasteiger partial charge is 0.328 e. The second-order valence-electron chi connectivity index (χ2n) is 13.1. The van der Waals surface area contributed by atoms with Crippen molar-refractivity contribution in [3.8, 4) is 5.75 Å². The fourth-order valence-corrected chi connectivity index (χ4v) is 8.61. The van der Waals surface area contributed by atoms with Gasteiger partial charge in [-0.05, 0) is 91.9 Å². The van der Waals surface area contributed by atoms with Crippen LogP contribution in [0.15, 0.2) is 35.9 Å². The minimum Gasteiger partial charge on any atom is -0.508 e. The van der Waals surface area contributed by atoms with Crippen molar-refractivity contribution in [2.45, 2.75) is 96.6 Å². The lowest BCUT2D eigenvalue weighted by Crippen LogP contribution is -2.51. The van der Waals surface area contributed by atoms with Crippen molar-refractivity contribution in [1.82, 2.24) is 5.32 Å². The van der Waals surface area contributed by atoms with Crippen LogP contribution in [0.3, 0.4) is 0 Å². The summed E-state index contributed by atoms with van der Waals surface area (Å²) in [6.45, 7) is 4.66. The van der Waals surface area contributed by atoms with E-state index in [1.54, 1.807) is 12.1 Å². The Morgan fingerprint density at radius 2 is 1.76 bits per heavy atom. The number of ketones is 1. The number of carbonyl (C=O) groups excluding carboxylic acids is 4. The number of carbonyl (C=O) groups is 4. The van der Waals surface area contributed by atoms with Crippen LogP contribution in [0.4, 0.5) is 0 Å². The molecule has 0 aromatic heterocycles. The fraction of sp³-hybridized carbons (Fsp3) is 0.636. The van der Waals surface area contributed by atoms with Crippen LogP contribution >= 0.6 is 0 Å². The van der Waals surface area contributed by atoms with Crippen molar-refractivity contribution in [2.24, 2.45) is 28.6 Å². The maximum absolute atomic E-state index is 12.9. The number of hydrogen-bond acceptors (Lipinski definition) is 7. The van der Waals surface area contributed by atoms with Gasteiger partial charge in [0.05, 0.1) is 13.5 Å². The highest BCUT2D eigenvalue weighted by molar-refractivity contribution is 5.91. The van der Waals surface area contributed by atoms with Crippen LogP contribution in [0.1, 0.15) is 83.6 Å². The third-order valence-corrected chi connectivity index (χ3v) is 10.9. The molecule has 3 fully saturated rings. The van der Waals surface area contributed by atoms with Crippen LogP contribution in [0.25, 0.3) is 0 Å². The fourth-order valence-electron chi connectivity index (χ4n) is 8.61. The van der Waals surface area contributed by atoms with E-state index in [1.165, 1.54) is 24.8 Å². The van der Waals surface area contributed by atoms with E-state index in [0.717, 1.165) is 50.5 Å². The molecule has 8 heteroatoms. The van der Waals surface area contributed by atoms with Gasteiger partial charge in [-0.3, -0.25) is 14.4 Å². The Balaban J connectivity index is 1.15. The third kappa shape index (κ3) is 5.80. The molecular weight excluding hydrogens is 522 g/mol. The second kappa shape index (κ2) is 11.6. The van der Waals surface area contributed by atoms with Gasteiger partial charge in [-0.2, -0.15) is 0 Å². The molecule has 0 unspecified atom stereocenters. The number of phenols is 1. The van der Waals surface area contributed by atoms with Gasteiger partial charge >= 0.3 is 11.9 Å². The molecule has 5 rings (SSSR count). The van der Waals surface area contributed by atoms with Gasteiger partial charge in [0.1, 0.15) is 17.9 Å². The summed E-state index contributed by atoms with van der Waals surface area (Å²) < 4.78 is 10.9. The molecule has 0 radical (unpaired) electrons. The van der Waals surface area contributed by atoms with E-state index in [4.69, 9.17) is 9.47 Å². The number of fused-ring (bicyclic) bond motifs is 5. The van der Waals surface area contributed by atoms with Gasteiger partial charge in [0, 0.05) is 24.7 Å². The zero-order valence-electron chi connectivity index (χ0n) is 24.4. The molecule has 4 aliphatic rings. The summed E-state index contributed by atoms with van der Waals surface area (Å²) in [5, 5.41) is 12.2. The Morgan fingerprint density at radius 3 is 2.49 bits per heavy atom. The molecule has 1 aromatic rings. The van der Waals surface area contributed by atoms with Gasteiger partial charge in [0.25, 0.3) is 0 Å². The van der Waals surface area contributed by atoms with E-state index in [9.17, 15) is 24.3 Å². The molecule has 0 heterocycles. The number of ether oxygens (including phenoxy) is 2. The van der Waals surface area contributed by atoms with Gasteiger partial charge < -0.3 is 19.9 Å². The molecule has 222 valence electrons. The number of nitrogens with one attached hydrogen (secondary N) is 1. The van der Waals surface area contributed by atoms with Gasteiger partial charge in [-0.25, -0.2) is 4.79 Å². The molecule has 1 aromatic carbocycles. The van der Waals surface area contributed by atoms with Crippen molar-refractivity contribution in [3.05, 3.63) is 41.5 Å². The highest BCUT2D eigenvalue weighted by Crippen LogP contribution is 2.65. The second-order valence-corrected chi connectivity index (χ2v) is 13.1. The number of amides is 1. The molecule has 41 heavy (non-hydrogen) atoms. The average Bonchev–Trinajstić information content (AvgIpc) is 3.28. The number of allylic oxidation sites excluding steroid dienone is 1. The predicted molar refractivity (Wildman–Crippen MR) is 152 cm³/mol. The number of rotatable bonds is 8. The van der Waals surface area contributed by atoms with Crippen LogP contribution in [-0.2, 0) is 35.1 Å². The minimum absolute atomic E-state index is 0.0531. The molecule has 0 spiro atoms. The molecule has 7 atom stereocenters. The molecule has 3 saturated carbocycles. The maximum atomic E-state index is 12.9. The number of phenolic OH excluding ortho intramolecular Hbond substituents is 1. The highest BCUT2D eigenvalue weighted by atomic mass is 16.5. The van der Waals surface area contributed by atoms with Crippen molar-refractivity contribution < 1.29 is 33.8 Å². The SMILES string of the molecule is COC(=O)[C@H](Cc1ccc(O)cc1)NC(=O)CCC(=O)O[C@H]1CC[C@H]2[C@@H]3CCC4=CC(=O)CC[C@]4(C)[C@H]3CC[C@]12C. The van der Waals surface area contributed by atoms with Gasteiger partial charge in [-0.1, -0.05) is 31.6 Å². The molecule has 2 N–H and O–H groups in total. The van der Waals surface area contributed by atoms with E-state index in [2.05, 4.69) is 19.2 Å². The van der Waals surface area contributed by atoms with E-state index >= 15 is 0 Å². The van der Waals surface area contributed by atoms with E-state index in [-0.39, 0.29) is 53.7 Å². The Kier molecular flexibility index (Phi) is 8.31. The molecule has 1 amide bonds. The summed E-state index contributed by atoms with van der Waals surface area (Å²) in [5.74, 6) is 0.677. The summed E-state index contributed by atoms with van der Waals surface area (Å²) in [4.78, 5) is 50.0. The number of hydrogen-bond donors (Lipinski definition) is 2. The van der Waals surface area contributed by atoms with Gasteiger partial charge in [-0.15, -0.1) is 0 Å². The molecule has 0 bridgehead atoms. The number of esters is 2. The Morgan fingerprint density at radius 1 is 1.00 bits per heavy atom. The summed E-state index contributed by atoms with van der Waals surface area (Å²) >= 11 is 0. The monoisotopic (exact) mass is 565 g/mol. The quantitative estimate of drug-likeness (QED) is 0.434. The van der Waals surface area contributed by atoms with Gasteiger partial charge in [0.15, 0.2) is 5.78 Å². The zero-order valence-corrected chi connectivity index (χ0v) is 24.4. The van der Waals surface area contributed by atoms with Crippen molar-refractivity contribution in [3.63, 3.8) is 0 Å². The van der Waals surface area contributed by atoms with Crippen LogP contribution in [0.5, 0.6) is 5.75 Å². The van der Waals surface area contributed by atoms with E-state index in [1.807, 2.05) is 6.08 Å². The number of benzene rings is 1. The molecule has 4 aliphatic carbocycles. The summed E-state index contributed by atoms with van der Waals surface area (Å²) in [7, 11) is 1.26. The van der Waals surface area contributed by atoms with Crippen LogP contribution < -0.4 is 5.32 Å². The first-order valence-corrected chi connectivity index (χ1v) is 15.1. The number of methoxy groups -OCH3 is 1. The summed E-state index contributed by atoms with van der Waals surface area (Å²) in [6.07, 6.45) is 9.54. The minimum atomic E-state index is -0.896. The van der Waals surface area contributed by atoms with E-state index in [0.29, 0.717) is 24.2 Å². The first-order chi connectivity index (χ1) is 19.5. The van der Waals surface area contributed by atoms with Crippen LogP contribution in [-0.4, -0.2) is 48.0 Å². The lowest BCUT2D eigenvalue weighted by molar-refractivity contribution is -0.160. The molecule has 8 nitrogen and oxygen atoms in total. The van der Waals surface area contributed by atoms with Gasteiger partial charge in [0.2, 0.25) is 5.91 Å². The third-order valence-electron chi connectivity index (χ3n) is 10.9. The predicted octanol–water partition coefficient (Wildman–Crippen LogP) is 4.82. The topological polar surface area (TPSA) is 119 Å². The molecule has 0 aliphatic heterocycles. The highest BCUT2D eigenvalue weighted by Gasteiger charge is 2.60.